The summed E-state index contributed by atoms with van der Waals surface area (Å²) in [6, 6.07) is 2.24. The summed E-state index contributed by atoms with van der Waals surface area (Å²) in [7, 11) is 0. The van der Waals surface area contributed by atoms with Crippen LogP contribution in [0.3, 0.4) is 0 Å². The number of nitrogens with two attached hydrogens (primary N) is 1. The van der Waals surface area contributed by atoms with Crippen LogP contribution in [0.2, 0.25) is 0 Å². The highest BCUT2D eigenvalue weighted by atomic mass is 16.2. The molecule has 0 spiro atoms. The molecule has 2 fully saturated rings. The summed E-state index contributed by atoms with van der Waals surface area (Å²) in [5.74, 6) is 1.20. The Kier molecular flexibility index (Phi) is 2.92. The predicted octanol–water partition coefficient (Wildman–Crippen LogP) is 0.486. The molecule has 1 aliphatic heterocycles. The quantitative estimate of drug-likeness (QED) is 0.680. The Morgan fingerprint density at radius 3 is 2.87 bits per heavy atom. The minimum Gasteiger partial charge on any atom is -0.341 e. The van der Waals surface area contributed by atoms with Crippen LogP contribution in [0.25, 0.3) is 0 Å². The van der Waals surface area contributed by atoms with Gasteiger partial charge < -0.3 is 10.6 Å². The third-order valence-corrected chi connectivity index (χ3v) is 3.67. The van der Waals surface area contributed by atoms with Crippen molar-refractivity contribution in [3.8, 4) is 6.07 Å². The maximum Gasteiger partial charge on any atom is 0.236 e. The van der Waals surface area contributed by atoms with E-state index in [4.69, 9.17) is 11.0 Å². The molecule has 0 aromatic heterocycles. The van der Waals surface area contributed by atoms with E-state index in [1.54, 1.807) is 0 Å². The normalized spacial score (nSPS) is 34.7. The zero-order valence-electron chi connectivity index (χ0n) is 8.85. The van der Waals surface area contributed by atoms with Gasteiger partial charge in [-0.3, -0.25) is 4.79 Å². The molecule has 1 aliphatic carbocycles. The van der Waals surface area contributed by atoms with E-state index >= 15 is 0 Å². The fraction of sp³-hybridized carbons (Fsp3) is 0.818. The van der Waals surface area contributed by atoms with E-state index in [1.807, 2.05) is 11.0 Å². The largest absolute Gasteiger partial charge is 0.341 e. The number of hydrogen-bond acceptors (Lipinski definition) is 3. The van der Waals surface area contributed by atoms with Crippen LogP contribution in [-0.2, 0) is 4.79 Å². The van der Waals surface area contributed by atoms with Gasteiger partial charge in [-0.25, -0.2) is 0 Å². The summed E-state index contributed by atoms with van der Waals surface area (Å²) >= 11 is 0. The maximum atomic E-state index is 11.5. The van der Waals surface area contributed by atoms with Gasteiger partial charge in [0.1, 0.15) is 6.42 Å². The fourth-order valence-corrected chi connectivity index (χ4v) is 2.85. The van der Waals surface area contributed by atoms with Gasteiger partial charge >= 0.3 is 0 Å². The smallest absolute Gasteiger partial charge is 0.236 e. The fourth-order valence-electron chi connectivity index (χ4n) is 2.85. The van der Waals surface area contributed by atoms with E-state index in [0.717, 1.165) is 32.4 Å². The van der Waals surface area contributed by atoms with Crippen LogP contribution in [0.15, 0.2) is 0 Å². The van der Waals surface area contributed by atoms with Crippen molar-refractivity contribution in [1.29, 1.82) is 5.26 Å². The Bertz CT molecular complexity index is 297. The number of amides is 1. The number of carbonyl (C=O) groups is 1. The monoisotopic (exact) mass is 207 g/mol. The van der Waals surface area contributed by atoms with E-state index in [-0.39, 0.29) is 12.3 Å². The molecule has 0 aromatic carbocycles. The van der Waals surface area contributed by atoms with Crippen molar-refractivity contribution in [2.24, 2.45) is 17.6 Å². The first kappa shape index (κ1) is 10.4. The number of nitriles is 1. The second-order valence-electron chi connectivity index (χ2n) is 4.73. The van der Waals surface area contributed by atoms with E-state index in [2.05, 4.69) is 0 Å². The lowest BCUT2D eigenvalue weighted by atomic mass is 9.79. The molecule has 3 unspecified atom stereocenters. The molecular weight excluding hydrogens is 190 g/mol. The lowest BCUT2D eigenvalue weighted by molar-refractivity contribution is -0.129. The minimum atomic E-state index is -0.0135. The highest BCUT2D eigenvalue weighted by Crippen LogP contribution is 2.35. The first-order valence-corrected chi connectivity index (χ1v) is 5.61. The van der Waals surface area contributed by atoms with Gasteiger partial charge in [0.05, 0.1) is 6.07 Å². The average Bonchev–Trinajstić information content (AvgIpc) is 2.60. The molecule has 4 nitrogen and oxygen atoms in total. The number of carbonyl (C=O) groups excluding carboxylic acids is 1. The van der Waals surface area contributed by atoms with Crippen molar-refractivity contribution >= 4 is 5.91 Å². The van der Waals surface area contributed by atoms with Crippen LogP contribution in [-0.4, -0.2) is 29.9 Å². The Morgan fingerprint density at radius 2 is 2.13 bits per heavy atom. The summed E-state index contributed by atoms with van der Waals surface area (Å²) < 4.78 is 0. The molecule has 1 heterocycles. The Hall–Kier alpha value is -1.08. The average molecular weight is 207 g/mol. The van der Waals surface area contributed by atoms with Crippen molar-refractivity contribution in [3.63, 3.8) is 0 Å². The molecule has 0 radical (unpaired) electrons. The standard InChI is InChI=1S/C11H17N3O/c12-4-3-11(15)14-6-8-1-2-10(13)5-9(8)7-14/h8-10H,1-3,5-7,13H2. The van der Waals surface area contributed by atoms with Crippen LogP contribution >= 0.6 is 0 Å². The van der Waals surface area contributed by atoms with Gasteiger partial charge in [0.15, 0.2) is 0 Å². The van der Waals surface area contributed by atoms with E-state index < -0.39 is 0 Å². The van der Waals surface area contributed by atoms with Gasteiger partial charge in [-0.05, 0) is 31.1 Å². The molecular formula is C11H17N3O. The first-order chi connectivity index (χ1) is 7.20. The highest BCUT2D eigenvalue weighted by molar-refractivity contribution is 5.78. The zero-order chi connectivity index (χ0) is 10.8. The molecule has 2 aliphatic rings. The van der Waals surface area contributed by atoms with Gasteiger partial charge in [-0.15, -0.1) is 0 Å². The number of rotatable bonds is 1. The van der Waals surface area contributed by atoms with Crippen LogP contribution in [0.1, 0.15) is 25.7 Å². The summed E-state index contributed by atoms with van der Waals surface area (Å²) in [4.78, 5) is 13.4. The van der Waals surface area contributed by atoms with E-state index in [0.29, 0.717) is 17.9 Å². The second-order valence-corrected chi connectivity index (χ2v) is 4.73. The zero-order valence-corrected chi connectivity index (χ0v) is 8.85. The topological polar surface area (TPSA) is 70.1 Å². The molecule has 1 amide bonds. The highest BCUT2D eigenvalue weighted by Gasteiger charge is 2.38. The molecule has 82 valence electrons. The summed E-state index contributed by atoms with van der Waals surface area (Å²) in [6.45, 7) is 1.66. The predicted molar refractivity (Wildman–Crippen MR) is 55.6 cm³/mol. The molecule has 0 aromatic rings. The van der Waals surface area contributed by atoms with Crippen LogP contribution in [0.5, 0.6) is 0 Å². The lowest BCUT2D eigenvalue weighted by Gasteiger charge is -2.27. The minimum absolute atomic E-state index is 0.0135. The molecule has 1 saturated carbocycles. The van der Waals surface area contributed by atoms with Gasteiger partial charge in [0, 0.05) is 19.1 Å². The van der Waals surface area contributed by atoms with Crippen LogP contribution in [0, 0.1) is 23.2 Å². The Balaban J connectivity index is 1.93. The van der Waals surface area contributed by atoms with Crippen molar-refractivity contribution in [2.75, 3.05) is 13.1 Å². The molecule has 15 heavy (non-hydrogen) atoms. The van der Waals surface area contributed by atoms with Gasteiger partial charge in [-0.2, -0.15) is 5.26 Å². The third-order valence-electron chi connectivity index (χ3n) is 3.67. The first-order valence-electron chi connectivity index (χ1n) is 5.61. The number of fused-ring (bicyclic) bond motifs is 1. The Morgan fingerprint density at radius 1 is 1.40 bits per heavy atom. The molecule has 2 N–H and O–H groups in total. The van der Waals surface area contributed by atoms with E-state index in [9.17, 15) is 4.79 Å². The molecule has 1 saturated heterocycles. The summed E-state index contributed by atoms with van der Waals surface area (Å²) in [5.41, 5.74) is 5.92. The van der Waals surface area contributed by atoms with Crippen molar-refractivity contribution < 1.29 is 4.79 Å². The molecule has 4 heteroatoms. The van der Waals surface area contributed by atoms with Gasteiger partial charge in [0.25, 0.3) is 0 Å². The number of hydrogen-bond donors (Lipinski definition) is 1. The molecule has 2 rings (SSSR count). The van der Waals surface area contributed by atoms with Gasteiger partial charge in [0.2, 0.25) is 5.91 Å². The van der Waals surface area contributed by atoms with Crippen LogP contribution in [0.4, 0.5) is 0 Å². The number of likely N-dealkylation sites (tertiary alicyclic amines) is 1. The SMILES string of the molecule is N#CCC(=O)N1CC2CCC(N)CC2C1. The van der Waals surface area contributed by atoms with Crippen molar-refractivity contribution in [2.45, 2.75) is 31.7 Å². The molecule has 0 bridgehead atoms. The summed E-state index contributed by atoms with van der Waals surface area (Å²) in [6.07, 6.45) is 3.29. The number of nitrogens with zero attached hydrogens (tertiary/aromatic N) is 2. The Labute approximate surface area is 90.0 Å². The lowest BCUT2D eigenvalue weighted by Crippen LogP contribution is -2.32. The maximum absolute atomic E-state index is 11.5. The third kappa shape index (κ3) is 2.13. The second kappa shape index (κ2) is 4.19. The van der Waals surface area contributed by atoms with E-state index in [1.165, 1.54) is 0 Å². The van der Waals surface area contributed by atoms with Crippen LogP contribution < -0.4 is 5.73 Å². The summed E-state index contributed by atoms with van der Waals surface area (Å²) in [5, 5.41) is 8.48. The molecule has 3 atom stereocenters. The van der Waals surface area contributed by atoms with Gasteiger partial charge in [-0.1, -0.05) is 0 Å². The van der Waals surface area contributed by atoms with Crippen molar-refractivity contribution in [1.82, 2.24) is 4.90 Å². The van der Waals surface area contributed by atoms with Crippen molar-refractivity contribution in [3.05, 3.63) is 0 Å².